The van der Waals surface area contributed by atoms with Gasteiger partial charge in [-0.1, -0.05) is 53.5 Å². The number of nitrogens with zero attached hydrogens (tertiary/aromatic N) is 2. The van der Waals surface area contributed by atoms with Crippen LogP contribution in [0.2, 0.25) is 10.0 Å². The van der Waals surface area contributed by atoms with Gasteiger partial charge in [-0.2, -0.15) is 0 Å². The summed E-state index contributed by atoms with van der Waals surface area (Å²) in [6.45, 7) is 3.07. The number of carbonyl (C=O) groups excluding carboxylic acids is 2. The number of aliphatic imine (C=N–C) groups is 1. The van der Waals surface area contributed by atoms with E-state index in [0.29, 0.717) is 22.0 Å². The highest BCUT2D eigenvalue weighted by atomic mass is 35.5. The minimum absolute atomic E-state index is 0.0339. The summed E-state index contributed by atoms with van der Waals surface area (Å²) in [6, 6.07) is 11.8. The molecule has 180 valence electrons. The van der Waals surface area contributed by atoms with Crippen LogP contribution in [-0.4, -0.2) is 54.8 Å². The summed E-state index contributed by atoms with van der Waals surface area (Å²) in [5.41, 5.74) is 8.94. The molecule has 0 bridgehead atoms. The highest BCUT2D eigenvalue weighted by Gasteiger charge is 2.28. The van der Waals surface area contributed by atoms with Gasteiger partial charge in [-0.25, -0.2) is 0 Å². The van der Waals surface area contributed by atoms with Crippen molar-refractivity contribution in [2.45, 2.75) is 37.8 Å². The molecule has 2 aliphatic rings. The van der Waals surface area contributed by atoms with Crippen LogP contribution in [0.5, 0.6) is 0 Å². The average Bonchev–Trinajstić information content (AvgIpc) is 3.55. The number of nitrogens with one attached hydrogen (secondary N) is 2. The van der Waals surface area contributed by atoms with Gasteiger partial charge in [-0.3, -0.25) is 14.6 Å². The predicted octanol–water partition coefficient (Wildman–Crippen LogP) is 3.08. The molecule has 2 heterocycles. The van der Waals surface area contributed by atoms with Gasteiger partial charge in [0.15, 0.2) is 0 Å². The number of hydrogen-bond acceptors (Lipinski definition) is 5. The van der Waals surface area contributed by atoms with E-state index in [0.717, 1.165) is 56.0 Å². The van der Waals surface area contributed by atoms with Gasteiger partial charge in [0.25, 0.3) is 0 Å². The molecular weight excluding hydrogens is 473 g/mol. The number of benzene rings is 2. The maximum absolute atomic E-state index is 13.2. The highest BCUT2D eigenvalue weighted by molar-refractivity contribution is 6.42. The van der Waals surface area contributed by atoms with Gasteiger partial charge in [0.05, 0.1) is 16.6 Å². The molecule has 2 unspecified atom stereocenters. The molecule has 4 rings (SSSR count). The topological polar surface area (TPSA) is 99.8 Å². The van der Waals surface area contributed by atoms with E-state index in [9.17, 15) is 9.59 Å². The normalized spacial score (nSPS) is 17.1. The Balaban J connectivity index is 1.44. The van der Waals surface area contributed by atoms with Crippen molar-refractivity contribution >= 4 is 40.9 Å². The minimum atomic E-state index is -0.653. The van der Waals surface area contributed by atoms with Crippen LogP contribution in [0.25, 0.3) is 0 Å². The fourth-order valence-electron chi connectivity index (χ4n) is 4.30. The summed E-state index contributed by atoms with van der Waals surface area (Å²) in [7, 11) is 0. The Morgan fingerprint density at radius 2 is 1.82 bits per heavy atom. The first-order chi connectivity index (χ1) is 16.4. The second-order valence-electron chi connectivity index (χ2n) is 8.69. The van der Waals surface area contributed by atoms with Gasteiger partial charge in [0.1, 0.15) is 11.9 Å². The van der Waals surface area contributed by atoms with E-state index in [1.807, 2.05) is 29.2 Å². The smallest absolute Gasteiger partial charge is 0.245 e. The lowest BCUT2D eigenvalue weighted by molar-refractivity contribution is -0.135. The van der Waals surface area contributed by atoms with E-state index in [4.69, 9.17) is 28.9 Å². The van der Waals surface area contributed by atoms with E-state index in [1.165, 1.54) is 0 Å². The number of hydrogen-bond donors (Lipinski definition) is 3. The third kappa shape index (κ3) is 6.09. The van der Waals surface area contributed by atoms with Crippen LogP contribution in [0.15, 0.2) is 47.5 Å². The molecule has 9 heteroatoms. The largest absolute Gasteiger partial charge is 0.368 e. The first-order valence-electron chi connectivity index (χ1n) is 11.6. The zero-order chi connectivity index (χ0) is 24.1. The standard InChI is InChI=1S/C25H29Cl2N5O2/c26-19-8-7-18(14-20(19)27)21(28)15-23(33)31-22(25(34)32-11-1-2-12-32)13-16-3-5-17(6-4-16)24-29-9-10-30-24/h3-8,14,21-22H,1-2,9-13,15,28H2,(H,29,30)(H,31,33). The first-order valence-corrected chi connectivity index (χ1v) is 12.3. The molecule has 0 aliphatic carbocycles. The Morgan fingerprint density at radius 1 is 1.09 bits per heavy atom. The van der Waals surface area contributed by atoms with Crippen LogP contribution in [0.1, 0.15) is 42.0 Å². The van der Waals surface area contributed by atoms with Gasteiger partial charge in [-0.15, -0.1) is 0 Å². The fourth-order valence-corrected chi connectivity index (χ4v) is 4.60. The van der Waals surface area contributed by atoms with Crippen molar-refractivity contribution in [3.05, 3.63) is 69.2 Å². The molecular formula is C25H29Cl2N5O2. The number of nitrogens with two attached hydrogens (primary N) is 1. The summed E-state index contributed by atoms with van der Waals surface area (Å²) in [6.07, 6.45) is 2.41. The second kappa shape index (κ2) is 11.2. The predicted molar refractivity (Wildman–Crippen MR) is 135 cm³/mol. The molecule has 7 nitrogen and oxygen atoms in total. The summed E-state index contributed by atoms with van der Waals surface area (Å²) in [5, 5.41) is 7.01. The van der Waals surface area contributed by atoms with Crippen molar-refractivity contribution < 1.29 is 9.59 Å². The van der Waals surface area contributed by atoms with Crippen molar-refractivity contribution in [1.29, 1.82) is 0 Å². The zero-order valence-corrected chi connectivity index (χ0v) is 20.4. The van der Waals surface area contributed by atoms with Crippen LogP contribution in [-0.2, 0) is 16.0 Å². The van der Waals surface area contributed by atoms with Crippen molar-refractivity contribution in [2.24, 2.45) is 10.7 Å². The molecule has 2 aliphatic heterocycles. The Labute approximate surface area is 209 Å². The van der Waals surface area contributed by atoms with E-state index in [-0.39, 0.29) is 18.2 Å². The lowest BCUT2D eigenvalue weighted by Gasteiger charge is -2.25. The molecule has 0 spiro atoms. The van der Waals surface area contributed by atoms with Gasteiger partial charge < -0.3 is 21.3 Å². The SMILES string of the molecule is NC(CC(=O)NC(Cc1ccc(C2=NCCN2)cc1)C(=O)N1CCCC1)c1ccc(Cl)c(Cl)c1. The highest BCUT2D eigenvalue weighted by Crippen LogP contribution is 2.26. The summed E-state index contributed by atoms with van der Waals surface area (Å²) < 4.78 is 0. The summed E-state index contributed by atoms with van der Waals surface area (Å²) >= 11 is 12.1. The Hall–Kier alpha value is -2.61. The Morgan fingerprint density at radius 3 is 2.47 bits per heavy atom. The van der Waals surface area contributed by atoms with Gasteiger partial charge >= 0.3 is 0 Å². The molecule has 0 saturated carbocycles. The molecule has 0 aromatic heterocycles. The molecule has 1 fully saturated rings. The van der Waals surface area contributed by atoms with Crippen LogP contribution >= 0.6 is 23.2 Å². The van der Waals surface area contributed by atoms with Crippen molar-refractivity contribution in [1.82, 2.24) is 15.5 Å². The lowest BCUT2D eigenvalue weighted by atomic mass is 10.0. The quantitative estimate of drug-likeness (QED) is 0.517. The van der Waals surface area contributed by atoms with E-state index in [2.05, 4.69) is 15.6 Å². The second-order valence-corrected chi connectivity index (χ2v) is 9.51. The summed E-state index contributed by atoms with van der Waals surface area (Å²) in [5.74, 6) is 0.554. The van der Waals surface area contributed by atoms with Gasteiger partial charge in [0.2, 0.25) is 11.8 Å². The minimum Gasteiger partial charge on any atom is -0.368 e. The number of amidine groups is 1. The van der Waals surface area contributed by atoms with Crippen molar-refractivity contribution in [3.63, 3.8) is 0 Å². The lowest BCUT2D eigenvalue weighted by Crippen LogP contribution is -2.49. The van der Waals surface area contributed by atoms with Crippen LogP contribution < -0.4 is 16.4 Å². The molecule has 2 amide bonds. The van der Waals surface area contributed by atoms with Crippen molar-refractivity contribution in [3.8, 4) is 0 Å². The maximum Gasteiger partial charge on any atom is 0.245 e. The number of carbonyl (C=O) groups is 2. The third-order valence-corrected chi connectivity index (χ3v) is 6.91. The zero-order valence-electron chi connectivity index (χ0n) is 18.9. The molecule has 4 N–H and O–H groups in total. The summed E-state index contributed by atoms with van der Waals surface area (Å²) in [4.78, 5) is 32.4. The Bertz CT molecular complexity index is 1070. The van der Waals surface area contributed by atoms with E-state index >= 15 is 0 Å². The molecule has 2 atom stereocenters. The number of rotatable bonds is 8. The number of likely N-dealkylation sites (tertiary alicyclic amines) is 1. The maximum atomic E-state index is 13.2. The number of amides is 2. The van der Waals surface area contributed by atoms with E-state index in [1.54, 1.807) is 18.2 Å². The third-order valence-electron chi connectivity index (χ3n) is 6.17. The first kappa shape index (κ1) is 24.5. The van der Waals surface area contributed by atoms with Gasteiger partial charge in [-0.05, 0) is 36.1 Å². The molecule has 2 aromatic carbocycles. The average molecular weight is 502 g/mol. The fraction of sp³-hybridized carbons (Fsp3) is 0.400. The van der Waals surface area contributed by atoms with Crippen LogP contribution in [0.3, 0.4) is 0 Å². The van der Waals surface area contributed by atoms with Gasteiger partial charge in [0, 0.05) is 44.1 Å². The Kier molecular flexibility index (Phi) is 8.08. The van der Waals surface area contributed by atoms with Crippen LogP contribution in [0, 0.1) is 0 Å². The number of halogens is 2. The molecule has 34 heavy (non-hydrogen) atoms. The molecule has 1 saturated heterocycles. The van der Waals surface area contributed by atoms with Crippen LogP contribution in [0.4, 0.5) is 0 Å². The monoisotopic (exact) mass is 501 g/mol. The van der Waals surface area contributed by atoms with E-state index < -0.39 is 12.1 Å². The molecule has 0 radical (unpaired) electrons. The van der Waals surface area contributed by atoms with Crippen molar-refractivity contribution in [2.75, 3.05) is 26.2 Å². The molecule has 2 aromatic rings.